The van der Waals surface area contributed by atoms with E-state index >= 15 is 0 Å². The number of ether oxygens (including phenoxy) is 1. The van der Waals surface area contributed by atoms with Gasteiger partial charge in [0.15, 0.2) is 6.61 Å². The normalized spacial score (nSPS) is 23.4. The standard InChI is InChI=1S/C20H24N2O3/c1-14-7-6-10-18(15(14)2)22-19(23)13-25-20(24)17(12-21)11-16-8-4-3-5-9-16/h3-5,8-9,11,14-15,18H,6-7,10,13H2,1-2H3,(H,22,23)/b17-11-. The molecule has 1 aliphatic rings. The molecular weight excluding hydrogens is 316 g/mol. The number of nitriles is 1. The van der Waals surface area contributed by atoms with Crippen molar-refractivity contribution < 1.29 is 14.3 Å². The highest BCUT2D eigenvalue weighted by atomic mass is 16.5. The summed E-state index contributed by atoms with van der Waals surface area (Å²) in [5.74, 6) is -0.135. The second-order valence-electron chi connectivity index (χ2n) is 6.60. The summed E-state index contributed by atoms with van der Waals surface area (Å²) in [7, 11) is 0. The van der Waals surface area contributed by atoms with E-state index in [2.05, 4.69) is 19.2 Å². The van der Waals surface area contributed by atoms with Crippen molar-refractivity contribution >= 4 is 18.0 Å². The van der Waals surface area contributed by atoms with Crippen LogP contribution in [0.15, 0.2) is 35.9 Å². The molecule has 1 aliphatic carbocycles. The van der Waals surface area contributed by atoms with Crippen molar-refractivity contribution in [2.45, 2.75) is 39.2 Å². The second kappa shape index (κ2) is 9.03. The van der Waals surface area contributed by atoms with Gasteiger partial charge in [0.05, 0.1) is 0 Å². The molecule has 5 nitrogen and oxygen atoms in total. The van der Waals surface area contributed by atoms with Gasteiger partial charge in [-0.25, -0.2) is 4.79 Å². The highest BCUT2D eigenvalue weighted by molar-refractivity contribution is 5.98. The predicted octanol–water partition coefficient (Wildman–Crippen LogP) is 3.08. The van der Waals surface area contributed by atoms with Gasteiger partial charge in [-0.1, -0.05) is 57.0 Å². The third-order valence-corrected chi connectivity index (χ3v) is 4.84. The van der Waals surface area contributed by atoms with Crippen LogP contribution in [-0.4, -0.2) is 24.5 Å². The van der Waals surface area contributed by atoms with Crippen LogP contribution >= 0.6 is 0 Å². The summed E-state index contributed by atoms with van der Waals surface area (Å²) < 4.78 is 4.99. The minimum absolute atomic E-state index is 0.116. The number of amides is 1. The van der Waals surface area contributed by atoms with Crippen molar-refractivity contribution in [1.29, 1.82) is 5.26 Å². The molecule has 0 radical (unpaired) electrons. The fourth-order valence-electron chi connectivity index (χ4n) is 3.10. The number of rotatable bonds is 5. The topological polar surface area (TPSA) is 79.2 Å². The molecule has 1 N–H and O–H groups in total. The molecular formula is C20H24N2O3. The maximum atomic E-state index is 12.0. The van der Waals surface area contributed by atoms with Gasteiger partial charge >= 0.3 is 5.97 Å². The van der Waals surface area contributed by atoms with E-state index in [1.807, 2.05) is 24.3 Å². The van der Waals surface area contributed by atoms with E-state index in [1.54, 1.807) is 12.1 Å². The molecule has 1 amide bonds. The van der Waals surface area contributed by atoms with Crippen LogP contribution in [0.25, 0.3) is 6.08 Å². The van der Waals surface area contributed by atoms with Gasteiger partial charge in [0.1, 0.15) is 11.6 Å². The van der Waals surface area contributed by atoms with Gasteiger partial charge in [-0.3, -0.25) is 4.79 Å². The average molecular weight is 340 g/mol. The number of carbonyl (C=O) groups excluding carboxylic acids is 2. The lowest BCUT2D eigenvalue weighted by atomic mass is 9.78. The number of nitrogens with one attached hydrogen (secondary N) is 1. The quantitative estimate of drug-likeness (QED) is 0.507. The Morgan fingerprint density at radius 3 is 2.68 bits per heavy atom. The Hall–Kier alpha value is -2.61. The molecule has 3 atom stereocenters. The van der Waals surface area contributed by atoms with E-state index in [0.29, 0.717) is 11.8 Å². The van der Waals surface area contributed by atoms with E-state index in [9.17, 15) is 9.59 Å². The van der Waals surface area contributed by atoms with Crippen LogP contribution < -0.4 is 5.32 Å². The molecule has 1 saturated carbocycles. The van der Waals surface area contributed by atoms with Crippen LogP contribution in [0.1, 0.15) is 38.7 Å². The van der Waals surface area contributed by atoms with Crippen LogP contribution in [0.3, 0.4) is 0 Å². The van der Waals surface area contributed by atoms with E-state index in [0.717, 1.165) is 18.4 Å². The highest BCUT2D eigenvalue weighted by Gasteiger charge is 2.28. The zero-order chi connectivity index (χ0) is 18.2. The summed E-state index contributed by atoms with van der Waals surface area (Å²) in [6.45, 7) is 3.96. The Kier molecular flexibility index (Phi) is 6.76. The minimum Gasteiger partial charge on any atom is -0.451 e. The highest BCUT2D eigenvalue weighted by Crippen LogP contribution is 2.29. The molecule has 1 aromatic carbocycles. The summed E-state index contributed by atoms with van der Waals surface area (Å²) in [4.78, 5) is 24.0. The second-order valence-corrected chi connectivity index (χ2v) is 6.60. The molecule has 0 spiro atoms. The Morgan fingerprint density at radius 1 is 1.28 bits per heavy atom. The lowest BCUT2D eigenvalue weighted by Crippen LogP contribution is -2.45. The fourth-order valence-corrected chi connectivity index (χ4v) is 3.10. The Morgan fingerprint density at radius 2 is 2.00 bits per heavy atom. The molecule has 2 rings (SSSR count). The average Bonchev–Trinajstić information content (AvgIpc) is 2.62. The minimum atomic E-state index is -0.786. The SMILES string of the molecule is CC1CCCC(NC(=O)COC(=O)/C(C#N)=C\c2ccccc2)C1C. The Bertz CT molecular complexity index is 676. The smallest absolute Gasteiger partial charge is 0.349 e. The molecule has 1 aromatic rings. The molecule has 0 aliphatic heterocycles. The molecule has 132 valence electrons. The predicted molar refractivity (Wildman–Crippen MR) is 95.1 cm³/mol. The molecule has 0 aromatic heterocycles. The monoisotopic (exact) mass is 340 g/mol. The fraction of sp³-hybridized carbons (Fsp3) is 0.450. The summed E-state index contributed by atoms with van der Waals surface area (Å²) in [5, 5.41) is 12.1. The zero-order valence-electron chi connectivity index (χ0n) is 14.7. The van der Waals surface area contributed by atoms with Gasteiger partial charge in [0.25, 0.3) is 5.91 Å². The van der Waals surface area contributed by atoms with Crippen molar-refractivity contribution in [2.75, 3.05) is 6.61 Å². The van der Waals surface area contributed by atoms with Crippen LogP contribution in [0, 0.1) is 23.2 Å². The number of carbonyl (C=O) groups is 2. The van der Waals surface area contributed by atoms with Gasteiger partial charge in [0.2, 0.25) is 0 Å². The number of nitrogens with zero attached hydrogens (tertiary/aromatic N) is 1. The van der Waals surface area contributed by atoms with Crippen LogP contribution in [0.5, 0.6) is 0 Å². The van der Waals surface area contributed by atoms with Gasteiger partial charge in [-0.2, -0.15) is 5.26 Å². The maximum absolute atomic E-state index is 12.0. The van der Waals surface area contributed by atoms with Crippen molar-refractivity contribution in [3.05, 3.63) is 41.5 Å². The third-order valence-electron chi connectivity index (χ3n) is 4.84. The van der Waals surface area contributed by atoms with Crippen molar-refractivity contribution in [3.8, 4) is 6.07 Å². The third kappa shape index (κ3) is 5.46. The lowest BCUT2D eigenvalue weighted by molar-refractivity contribution is -0.144. The first-order chi connectivity index (χ1) is 12.0. The van der Waals surface area contributed by atoms with Gasteiger partial charge in [-0.15, -0.1) is 0 Å². The molecule has 5 heteroatoms. The molecule has 25 heavy (non-hydrogen) atoms. The first kappa shape index (κ1) is 18.7. The zero-order valence-corrected chi connectivity index (χ0v) is 14.7. The number of benzene rings is 1. The van der Waals surface area contributed by atoms with Crippen LogP contribution in [0.4, 0.5) is 0 Å². The van der Waals surface area contributed by atoms with Crippen molar-refractivity contribution in [3.63, 3.8) is 0 Å². The van der Waals surface area contributed by atoms with Crippen LogP contribution in [-0.2, 0) is 14.3 Å². The molecule has 3 unspecified atom stereocenters. The molecule has 0 bridgehead atoms. The molecule has 0 saturated heterocycles. The Balaban J connectivity index is 1.87. The summed E-state index contributed by atoms with van der Waals surface area (Å²) >= 11 is 0. The van der Waals surface area contributed by atoms with Crippen LogP contribution in [0.2, 0.25) is 0 Å². The largest absolute Gasteiger partial charge is 0.451 e. The van der Waals surface area contributed by atoms with Crippen molar-refractivity contribution in [2.24, 2.45) is 11.8 Å². The Labute approximate surface area is 148 Å². The van der Waals surface area contributed by atoms with Crippen molar-refractivity contribution in [1.82, 2.24) is 5.32 Å². The number of hydrogen-bond acceptors (Lipinski definition) is 4. The van der Waals surface area contributed by atoms with Gasteiger partial charge in [0, 0.05) is 6.04 Å². The van der Waals surface area contributed by atoms with E-state index < -0.39 is 5.97 Å². The first-order valence-electron chi connectivity index (χ1n) is 8.64. The number of esters is 1. The molecule has 1 fully saturated rings. The maximum Gasteiger partial charge on any atom is 0.349 e. The van der Waals surface area contributed by atoms with Gasteiger partial charge < -0.3 is 10.1 Å². The summed E-state index contributed by atoms with van der Waals surface area (Å²) in [6.07, 6.45) is 4.67. The van der Waals surface area contributed by atoms with E-state index in [1.165, 1.54) is 12.5 Å². The molecule has 0 heterocycles. The van der Waals surface area contributed by atoms with E-state index in [-0.39, 0.29) is 24.1 Å². The summed E-state index contributed by atoms with van der Waals surface area (Å²) in [6, 6.07) is 11.0. The van der Waals surface area contributed by atoms with E-state index in [4.69, 9.17) is 10.00 Å². The number of hydrogen-bond donors (Lipinski definition) is 1. The van der Waals surface area contributed by atoms with Gasteiger partial charge in [-0.05, 0) is 29.9 Å². The lowest BCUT2D eigenvalue weighted by Gasteiger charge is -2.34. The summed E-state index contributed by atoms with van der Waals surface area (Å²) in [5.41, 5.74) is 0.601. The first-order valence-corrected chi connectivity index (χ1v) is 8.64.